The molecule has 2 aromatic carbocycles. The van der Waals surface area contributed by atoms with Crippen molar-refractivity contribution in [2.45, 2.75) is 0 Å². The van der Waals surface area contributed by atoms with Crippen LogP contribution in [0, 0.1) is 0 Å². The van der Waals surface area contributed by atoms with Gasteiger partial charge in [0.2, 0.25) is 0 Å². The number of hydrogen-bond acceptors (Lipinski definition) is 1. The lowest BCUT2D eigenvalue weighted by atomic mass is 9.99. The first kappa shape index (κ1) is 13.1. The summed E-state index contributed by atoms with van der Waals surface area (Å²) in [4.78, 5) is 7.80. The Morgan fingerprint density at radius 2 is 1.59 bits per heavy atom. The zero-order chi connectivity index (χ0) is 14.9. The first-order valence-corrected chi connectivity index (χ1v) is 7.48. The zero-order valence-electron chi connectivity index (χ0n) is 11.8. The topological polar surface area (TPSA) is 28.7 Å². The van der Waals surface area contributed by atoms with Gasteiger partial charge in [0, 0.05) is 33.9 Å². The normalized spacial score (nSPS) is 11.0. The van der Waals surface area contributed by atoms with Crippen LogP contribution in [0.5, 0.6) is 0 Å². The summed E-state index contributed by atoms with van der Waals surface area (Å²) >= 11 is 6.03. The van der Waals surface area contributed by atoms with Crippen molar-refractivity contribution in [3.8, 4) is 22.4 Å². The Hall–Kier alpha value is -2.58. The Morgan fingerprint density at radius 3 is 2.36 bits per heavy atom. The smallest absolute Gasteiger partial charge is 0.0545 e. The molecule has 0 bridgehead atoms. The molecule has 22 heavy (non-hydrogen) atoms. The van der Waals surface area contributed by atoms with Crippen LogP contribution in [-0.2, 0) is 0 Å². The van der Waals surface area contributed by atoms with Crippen molar-refractivity contribution >= 4 is 22.5 Å². The van der Waals surface area contributed by atoms with Gasteiger partial charge in [-0.3, -0.25) is 4.98 Å². The van der Waals surface area contributed by atoms with E-state index in [4.69, 9.17) is 11.6 Å². The van der Waals surface area contributed by atoms with Gasteiger partial charge in [0.25, 0.3) is 0 Å². The van der Waals surface area contributed by atoms with Gasteiger partial charge in [-0.15, -0.1) is 0 Å². The number of H-pyrrole nitrogens is 1. The molecule has 0 saturated carbocycles. The van der Waals surface area contributed by atoms with Crippen molar-refractivity contribution in [3.05, 3.63) is 78.1 Å². The first-order valence-electron chi connectivity index (χ1n) is 7.10. The standard InChI is InChI=1S/C19H13ClN2/c20-15-8-6-13(7-9-15)18-16-12-21-11-10-17(16)22-19(18)14-4-2-1-3-5-14/h1-12,22H. The predicted molar refractivity (Wildman–Crippen MR) is 92.0 cm³/mol. The van der Waals surface area contributed by atoms with E-state index in [1.165, 1.54) is 0 Å². The van der Waals surface area contributed by atoms with Crippen molar-refractivity contribution in [2.24, 2.45) is 0 Å². The number of pyridine rings is 1. The Balaban J connectivity index is 2.04. The summed E-state index contributed by atoms with van der Waals surface area (Å²) < 4.78 is 0. The lowest BCUT2D eigenvalue weighted by molar-refractivity contribution is 1.36. The molecule has 0 radical (unpaired) electrons. The molecule has 3 heteroatoms. The van der Waals surface area contributed by atoms with Gasteiger partial charge in [0.05, 0.1) is 5.69 Å². The van der Waals surface area contributed by atoms with Crippen molar-refractivity contribution in [1.82, 2.24) is 9.97 Å². The number of aromatic amines is 1. The molecule has 0 fully saturated rings. The third-order valence-corrected chi connectivity index (χ3v) is 4.05. The molecular weight excluding hydrogens is 292 g/mol. The molecule has 0 aliphatic rings. The lowest BCUT2D eigenvalue weighted by Gasteiger charge is -2.06. The van der Waals surface area contributed by atoms with Gasteiger partial charge in [-0.25, -0.2) is 0 Å². The minimum Gasteiger partial charge on any atom is -0.354 e. The van der Waals surface area contributed by atoms with Gasteiger partial charge in [-0.2, -0.15) is 0 Å². The molecule has 4 rings (SSSR count). The molecule has 0 atom stereocenters. The summed E-state index contributed by atoms with van der Waals surface area (Å²) in [5.74, 6) is 0. The molecule has 2 aromatic heterocycles. The summed E-state index contributed by atoms with van der Waals surface area (Å²) in [6.07, 6.45) is 3.71. The predicted octanol–water partition coefficient (Wildman–Crippen LogP) is 5.55. The highest BCUT2D eigenvalue weighted by atomic mass is 35.5. The molecular formula is C19H13ClN2. The Bertz CT molecular complexity index is 925. The second kappa shape index (κ2) is 5.32. The largest absolute Gasteiger partial charge is 0.354 e. The van der Waals surface area contributed by atoms with Gasteiger partial charge in [0.15, 0.2) is 0 Å². The summed E-state index contributed by atoms with van der Waals surface area (Å²) in [5, 5.41) is 1.85. The van der Waals surface area contributed by atoms with E-state index < -0.39 is 0 Å². The maximum atomic E-state index is 6.03. The monoisotopic (exact) mass is 304 g/mol. The van der Waals surface area contributed by atoms with Crippen LogP contribution in [0.4, 0.5) is 0 Å². The first-order chi connectivity index (χ1) is 10.8. The average molecular weight is 305 g/mol. The number of hydrogen-bond donors (Lipinski definition) is 1. The number of fused-ring (bicyclic) bond motifs is 1. The maximum Gasteiger partial charge on any atom is 0.0545 e. The number of halogens is 1. The Morgan fingerprint density at radius 1 is 0.818 bits per heavy atom. The number of nitrogens with zero attached hydrogens (tertiary/aromatic N) is 1. The highest BCUT2D eigenvalue weighted by Gasteiger charge is 2.14. The minimum absolute atomic E-state index is 0.739. The molecule has 0 spiro atoms. The molecule has 0 aliphatic carbocycles. The molecule has 2 nitrogen and oxygen atoms in total. The van der Waals surface area contributed by atoms with E-state index in [1.54, 1.807) is 6.20 Å². The Kier molecular flexibility index (Phi) is 3.17. The van der Waals surface area contributed by atoms with E-state index in [0.717, 1.165) is 38.3 Å². The number of aromatic nitrogens is 2. The van der Waals surface area contributed by atoms with Gasteiger partial charge in [-0.1, -0.05) is 54.1 Å². The fraction of sp³-hybridized carbons (Fsp3) is 0. The van der Waals surface area contributed by atoms with E-state index in [0.29, 0.717) is 0 Å². The SMILES string of the molecule is Clc1ccc(-c2c(-c3ccccc3)[nH]c3ccncc23)cc1. The highest BCUT2D eigenvalue weighted by molar-refractivity contribution is 6.30. The van der Waals surface area contributed by atoms with Crippen molar-refractivity contribution < 1.29 is 0 Å². The molecule has 106 valence electrons. The van der Waals surface area contributed by atoms with Crippen LogP contribution >= 0.6 is 11.6 Å². The fourth-order valence-corrected chi connectivity index (χ4v) is 2.90. The molecule has 0 aliphatic heterocycles. The average Bonchev–Trinajstić information content (AvgIpc) is 2.96. The van der Waals surface area contributed by atoms with Crippen LogP contribution in [-0.4, -0.2) is 9.97 Å². The molecule has 4 aromatic rings. The van der Waals surface area contributed by atoms with Gasteiger partial charge in [-0.05, 0) is 29.3 Å². The van der Waals surface area contributed by atoms with Crippen molar-refractivity contribution in [2.75, 3.05) is 0 Å². The Labute approximate surface area is 133 Å². The second-order valence-corrected chi connectivity index (χ2v) is 5.61. The molecule has 0 saturated heterocycles. The summed E-state index contributed by atoms with van der Waals surface area (Å²) in [5.41, 5.74) is 5.63. The molecule has 2 heterocycles. The van der Waals surface area contributed by atoms with Crippen LogP contribution in [0.3, 0.4) is 0 Å². The van der Waals surface area contributed by atoms with Gasteiger partial charge < -0.3 is 4.98 Å². The highest BCUT2D eigenvalue weighted by Crippen LogP contribution is 2.38. The lowest BCUT2D eigenvalue weighted by Crippen LogP contribution is -1.82. The van der Waals surface area contributed by atoms with E-state index in [9.17, 15) is 0 Å². The summed E-state index contributed by atoms with van der Waals surface area (Å²) in [6, 6.07) is 20.3. The number of benzene rings is 2. The van der Waals surface area contributed by atoms with Gasteiger partial charge in [0.1, 0.15) is 0 Å². The van der Waals surface area contributed by atoms with Gasteiger partial charge >= 0.3 is 0 Å². The third-order valence-electron chi connectivity index (χ3n) is 3.80. The summed E-state index contributed by atoms with van der Waals surface area (Å²) in [7, 11) is 0. The van der Waals surface area contributed by atoms with E-state index in [2.05, 4.69) is 22.1 Å². The number of nitrogens with one attached hydrogen (secondary N) is 1. The summed E-state index contributed by atoms with van der Waals surface area (Å²) in [6.45, 7) is 0. The minimum atomic E-state index is 0.739. The number of rotatable bonds is 2. The third kappa shape index (κ3) is 2.18. The van der Waals surface area contributed by atoms with Crippen LogP contribution in [0.1, 0.15) is 0 Å². The van der Waals surface area contributed by atoms with E-state index in [-0.39, 0.29) is 0 Å². The maximum absolute atomic E-state index is 6.03. The molecule has 0 amide bonds. The van der Waals surface area contributed by atoms with E-state index in [1.807, 2.05) is 54.7 Å². The van der Waals surface area contributed by atoms with Crippen molar-refractivity contribution in [1.29, 1.82) is 0 Å². The van der Waals surface area contributed by atoms with Crippen LogP contribution in [0.25, 0.3) is 33.3 Å². The fourth-order valence-electron chi connectivity index (χ4n) is 2.77. The zero-order valence-corrected chi connectivity index (χ0v) is 12.5. The van der Waals surface area contributed by atoms with E-state index >= 15 is 0 Å². The van der Waals surface area contributed by atoms with Crippen LogP contribution in [0.2, 0.25) is 5.02 Å². The van der Waals surface area contributed by atoms with Crippen LogP contribution in [0.15, 0.2) is 73.1 Å². The molecule has 0 unspecified atom stereocenters. The van der Waals surface area contributed by atoms with Crippen LogP contribution < -0.4 is 0 Å². The second-order valence-electron chi connectivity index (χ2n) is 5.17. The van der Waals surface area contributed by atoms with Crippen molar-refractivity contribution in [3.63, 3.8) is 0 Å². The molecule has 1 N–H and O–H groups in total. The quantitative estimate of drug-likeness (QED) is 0.516.